The van der Waals surface area contributed by atoms with E-state index in [1.54, 1.807) is 37.8 Å². The van der Waals surface area contributed by atoms with Crippen LogP contribution in [-0.4, -0.2) is 13.4 Å². The van der Waals surface area contributed by atoms with Crippen LogP contribution in [0.2, 0.25) is 5.02 Å². The molecule has 0 spiro atoms. The van der Waals surface area contributed by atoms with E-state index >= 15 is 0 Å². The summed E-state index contributed by atoms with van der Waals surface area (Å²) in [5.74, 6) is 0. The van der Waals surface area contributed by atoms with Crippen LogP contribution in [0.1, 0.15) is 11.1 Å². The van der Waals surface area contributed by atoms with Crippen molar-refractivity contribution in [2.45, 2.75) is 18.4 Å². The smallest absolute Gasteiger partial charge is 0.241 e. The normalized spacial score (nSPS) is 11.6. The van der Waals surface area contributed by atoms with Crippen LogP contribution >= 0.6 is 11.6 Å². The van der Waals surface area contributed by atoms with Crippen LogP contribution in [0.3, 0.4) is 0 Å². The van der Waals surface area contributed by atoms with Crippen LogP contribution in [0.5, 0.6) is 0 Å². The molecule has 24 heavy (non-hydrogen) atoms. The Bertz CT molecular complexity index is 936. The van der Waals surface area contributed by atoms with Crippen molar-refractivity contribution >= 4 is 21.6 Å². The Morgan fingerprint density at radius 2 is 2.04 bits per heavy atom. The van der Waals surface area contributed by atoms with E-state index in [0.717, 1.165) is 16.8 Å². The minimum absolute atomic E-state index is 0.146. The first-order valence-electron chi connectivity index (χ1n) is 7.19. The molecule has 7 heteroatoms. The molecule has 0 aliphatic carbocycles. The predicted octanol–water partition coefficient (Wildman–Crippen LogP) is 3.78. The Balaban J connectivity index is 1.74. The monoisotopic (exact) mass is 362 g/mol. The number of pyridine rings is 1. The van der Waals surface area contributed by atoms with E-state index in [9.17, 15) is 8.42 Å². The van der Waals surface area contributed by atoms with Crippen LogP contribution in [0.25, 0.3) is 11.3 Å². The number of rotatable bonds is 5. The average molecular weight is 363 g/mol. The van der Waals surface area contributed by atoms with Gasteiger partial charge in [-0.05, 0) is 42.3 Å². The molecule has 0 radical (unpaired) electrons. The zero-order chi connectivity index (χ0) is 17.2. The van der Waals surface area contributed by atoms with Gasteiger partial charge in [-0.25, -0.2) is 13.1 Å². The van der Waals surface area contributed by atoms with Gasteiger partial charge < -0.3 is 4.42 Å². The number of aromatic nitrogens is 1. The fourth-order valence-corrected chi connectivity index (χ4v) is 3.76. The minimum atomic E-state index is -3.64. The number of benzene rings is 1. The van der Waals surface area contributed by atoms with Crippen molar-refractivity contribution in [3.63, 3.8) is 0 Å². The van der Waals surface area contributed by atoms with E-state index in [2.05, 4.69) is 9.71 Å². The predicted molar refractivity (Wildman–Crippen MR) is 92.2 cm³/mol. The number of hydrogen-bond donors (Lipinski definition) is 1. The number of nitrogens with one attached hydrogen (secondary N) is 1. The Morgan fingerprint density at radius 3 is 2.71 bits per heavy atom. The Kier molecular flexibility index (Phi) is 4.71. The molecule has 5 nitrogen and oxygen atoms in total. The fraction of sp³-hybridized carbons (Fsp3) is 0.118. The average Bonchev–Trinajstić information content (AvgIpc) is 3.10. The maximum absolute atomic E-state index is 12.4. The second-order valence-corrected chi connectivity index (χ2v) is 7.39. The lowest BCUT2D eigenvalue weighted by Gasteiger charge is -2.10. The van der Waals surface area contributed by atoms with Crippen LogP contribution in [0.15, 0.2) is 64.4 Å². The van der Waals surface area contributed by atoms with Gasteiger partial charge in [0.1, 0.15) is 0 Å². The Hall–Kier alpha value is -2.15. The van der Waals surface area contributed by atoms with Gasteiger partial charge in [0.25, 0.3) is 0 Å². The van der Waals surface area contributed by atoms with Gasteiger partial charge in [0.2, 0.25) is 10.0 Å². The van der Waals surface area contributed by atoms with Crippen LogP contribution < -0.4 is 4.72 Å². The van der Waals surface area contributed by atoms with Crippen molar-refractivity contribution in [3.8, 4) is 11.3 Å². The second-order valence-electron chi connectivity index (χ2n) is 5.25. The molecular formula is C17H15ClN2O3S. The number of halogens is 1. The second kappa shape index (κ2) is 6.76. The van der Waals surface area contributed by atoms with Gasteiger partial charge in [-0.3, -0.25) is 4.98 Å². The number of nitrogens with zero attached hydrogens (tertiary/aromatic N) is 1. The molecule has 2 heterocycles. The maximum Gasteiger partial charge on any atom is 0.241 e. The molecule has 3 aromatic rings. The van der Waals surface area contributed by atoms with Crippen LogP contribution in [-0.2, 0) is 16.6 Å². The third kappa shape index (κ3) is 3.51. The summed E-state index contributed by atoms with van der Waals surface area (Å²) in [6.07, 6.45) is 4.81. The first-order chi connectivity index (χ1) is 11.5. The Morgan fingerprint density at radius 1 is 1.21 bits per heavy atom. The van der Waals surface area contributed by atoms with Gasteiger partial charge in [-0.2, -0.15) is 0 Å². The third-order valence-corrected chi connectivity index (χ3v) is 5.57. The zero-order valence-electron chi connectivity index (χ0n) is 12.9. The molecule has 0 unspecified atom stereocenters. The van der Waals surface area contributed by atoms with Crippen molar-refractivity contribution in [3.05, 3.63) is 71.3 Å². The summed E-state index contributed by atoms with van der Waals surface area (Å²) in [4.78, 5) is 4.49. The molecule has 0 aliphatic heterocycles. The van der Waals surface area contributed by atoms with Crippen molar-refractivity contribution in [2.24, 2.45) is 0 Å². The zero-order valence-corrected chi connectivity index (χ0v) is 14.4. The third-order valence-electron chi connectivity index (χ3n) is 3.62. The van der Waals surface area contributed by atoms with E-state index in [1.807, 2.05) is 18.2 Å². The molecule has 0 atom stereocenters. The van der Waals surface area contributed by atoms with Crippen molar-refractivity contribution < 1.29 is 12.8 Å². The van der Waals surface area contributed by atoms with Crippen molar-refractivity contribution in [1.82, 2.24) is 9.71 Å². The van der Waals surface area contributed by atoms with Crippen LogP contribution in [0, 0.1) is 6.92 Å². The Labute approximate surface area is 145 Å². The lowest BCUT2D eigenvalue weighted by atomic mass is 10.2. The molecule has 1 N–H and O–H groups in total. The first-order valence-corrected chi connectivity index (χ1v) is 9.06. The molecule has 1 aromatic carbocycles. The van der Waals surface area contributed by atoms with Gasteiger partial charge in [-0.15, -0.1) is 0 Å². The van der Waals surface area contributed by atoms with Gasteiger partial charge >= 0.3 is 0 Å². The summed E-state index contributed by atoms with van der Waals surface area (Å²) in [6.45, 7) is 1.82. The van der Waals surface area contributed by atoms with Gasteiger partial charge in [0, 0.05) is 23.3 Å². The molecular weight excluding hydrogens is 348 g/mol. The van der Waals surface area contributed by atoms with Gasteiger partial charge in [0.05, 0.1) is 23.1 Å². The summed E-state index contributed by atoms with van der Waals surface area (Å²) in [7, 11) is -3.64. The highest BCUT2D eigenvalue weighted by Crippen LogP contribution is 2.23. The van der Waals surface area contributed by atoms with Gasteiger partial charge in [0.15, 0.2) is 0 Å². The summed E-state index contributed by atoms with van der Waals surface area (Å²) in [5.41, 5.74) is 2.92. The first kappa shape index (κ1) is 16.7. The molecule has 0 amide bonds. The highest BCUT2D eigenvalue weighted by Gasteiger charge is 2.17. The molecule has 0 bridgehead atoms. The molecule has 3 rings (SSSR count). The van der Waals surface area contributed by atoms with E-state index in [1.165, 1.54) is 6.07 Å². The number of hydrogen-bond acceptors (Lipinski definition) is 4. The summed E-state index contributed by atoms with van der Waals surface area (Å²) in [6, 6.07) is 10.3. The van der Waals surface area contributed by atoms with Crippen LogP contribution in [0.4, 0.5) is 0 Å². The topological polar surface area (TPSA) is 72.2 Å². The largest absolute Gasteiger partial charge is 0.472 e. The van der Waals surface area contributed by atoms with Crippen molar-refractivity contribution in [2.75, 3.05) is 0 Å². The number of sulfonamides is 1. The summed E-state index contributed by atoms with van der Waals surface area (Å²) in [5, 5.41) is 0.420. The van der Waals surface area contributed by atoms with Gasteiger partial charge in [-0.1, -0.05) is 23.7 Å². The van der Waals surface area contributed by atoms with E-state index < -0.39 is 10.0 Å². The SMILES string of the molecule is Cc1c(Cl)cccc1S(=O)(=O)NCc1ccc(-c2ccoc2)nc1. The molecule has 0 saturated carbocycles. The van der Waals surface area contributed by atoms with E-state index in [-0.39, 0.29) is 11.4 Å². The van der Waals surface area contributed by atoms with E-state index in [0.29, 0.717) is 10.6 Å². The highest BCUT2D eigenvalue weighted by molar-refractivity contribution is 7.89. The molecule has 0 aliphatic rings. The lowest BCUT2D eigenvalue weighted by Crippen LogP contribution is -2.24. The van der Waals surface area contributed by atoms with Crippen molar-refractivity contribution in [1.29, 1.82) is 0 Å². The maximum atomic E-state index is 12.4. The van der Waals surface area contributed by atoms with E-state index in [4.69, 9.17) is 16.0 Å². The fourth-order valence-electron chi connectivity index (χ4n) is 2.24. The lowest BCUT2D eigenvalue weighted by molar-refractivity contribution is 0.568. The molecule has 0 saturated heterocycles. The quantitative estimate of drug-likeness (QED) is 0.749. The molecule has 2 aromatic heterocycles. The highest BCUT2D eigenvalue weighted by atomic mass is 35.5. The standard InChI is InChI=1S/C17H15ClN2O3S/c1-12-15(18)3-2-4-17(12)24(21,22)20-10-13-5-6-16(19-9-13)14-7-8-23-11-14/h2-9,11,20H,10H2,1H3. The molecule has 0 fully saturated rings. The molecule has 124 valence electrons. The minimum Gasteiger partial charge on any atom is -0.472 e. The summed E-state index contributed by atoms with van der Waals surface area (Å²) >= 11 is 5.99. The summed E-state index contributed by atoms with van der Waals surface area (Å²) < 4.78 is 32.4. The number of furan rings is 1.